The van der Waals surface area contributed by atoms with Crippen LogP contribution < -0.4 is 5.32 Å². The topological polar surface area (TPSA) is 59.3 Å². The SMILES string of the molecule is CCc1ccc(-c2ccc(CNCC3CCS(=O)(=O)C3)o2)cc1. The lowest BCUT2D eigenvalue weighted by Gasteiger charge is -2.08. The first kappa shape index (κ1) is 16.3. The van der Waals surface area contributed by atoms with Crippen LogP contribution in [0.1, 0.15) is 24.7 Å². The molecular weight excluding hydrogens is 310 g/mol. The van der Waals surface area contributed by atoms with E-state index >= 15 is 0 Å². The van der Waals surface area contributed by atoms with E-state index in [1.54, 1.807) is 0 Å². The highest BCUT2D eigenvalue weighted by atomic mass is 32.2. The molecule has 0 spiro atoms. The van der Waals surface area contributed by atoms with Crippen molar-refractivity contribution in [2.45, 2.75) is 26.3 Å². The number of aryl methyl sites for hydroxylation is 1. The molecule has 124 valence electrons. The van der Waals surface area contributed by atoms with E-state index in [1.807, 2.05) is 12.1 Å². The summed E-state index contributed by atoms with van der Waals surface area (Å²) in [5.74, 6) is 2.62. The van der Waals surface area contributed by atoms with Gasteiger partial charge in [-0.3, -0.25) is 0 Å². The van der Waals surface area contributed by atoms with Gasteiger partial charge in [-0.05, 0) is 43.0 Å². The van der Waals surface area contributed by atoms with Crippen LogP contribution in [-0.4, -0.2) is 26.5 Å². The fourth-order valence-electron chi connectivity index (χ4n) is 2.97. The number of furan rings is 1. The molecule has 23 heavy (non-hydrogen) atoms. The molecule has 5 heteroatoms. The first-order valence-corrected chi connectivity index (χ1v) is 9.97. The van der Waals surface area contributed by atoms with Crippen LogP contribution in [0.25, 0.3) is 11.3 Å². The molecule has 0 radical (unpaired) electrons. The third kappa shape index (κ3) is 4.24. The van der Waals surface area contributed by atoms with E-state index in [1.165, 1.54) is 5.56 Å². The van der Waals surface area contributed by atoms with Crippen molar-refractivity contribution in [1.82, 2.24) is 5.32 Å². The molecule has 0 saturated carbocycles. The molecule has 1 fully saturated rings. The number of hydrogen-bond acceptors (Lipinski definition) is 4. The molecule has 0 amide bonds. The normalized spacial score (nSPS) is 20.0. The zero-order valence-corrected chi connectivity index (χ0v) is 14.2. The van der Waals surface area contributed by atoms with Gasteiger partial charge in [-0.15, -0.1) is 0 Å². The Balaban J connectivity index is 1.53. The van der Waals surface area contributed by atoms with Gasteiger partial charge in [0.25, 0.3) is 0 Å². The predicted octanol–water partition coefficient (Wildman–Crippen LogP) is 3.03. The highest BCUT2D eigenvalue weighted by Crippen LogP contribution is 2.23. The molecule has 2 aromatic rings. The lowest BCUT2D eigenvalue weighted by Crippen LogP contribution is -2.23. The van der Waals surface area contributed by atoms with Crippen LogP contribution in [0.5, 0.6) is 0 Å². The van der Waals surface area contributed by atoms with E-state index in [9.17, 15) is 8.42 Å². The second-order valence-electron chi connectivity index (χ2n) is 6.22. The van der Waals surface area contributed by atoms with Gasteiger partial charge >= 0.3 is 0 Å². The third-order valence-corrected chi connectivity index (χ3v) is 6.20. The van der Waals surface area contributed by atoms with Crippen LogP contribution in [0, 0.1) is 5.92 Å². The highest BCUT2D eigenvalue weighted by Gasteiger charge is 2.27. The first-order valence-electron chi connectivity index (χ1n) is 8.15. The molecular formula is C18H23NO3S. The Hall–Kier alpha value is -1.59. The summed E-state index contributed by atoms with van der Waals surface area (Å²) >= 11 is 0. The molecule has 0 aliphatic carbocycles. The van der Waals surface area contributed by atoms with Gasteiger partial charge in [0.05, 0.1) is 18.1 Å². The van der Waals surface area contributed by atoms with Gasteiger partial charge in [-0.25, -0.2) is 8.42 Å². The van der Waals surface area contributed by atoms with Crippen molar-refractivity contribution in [2.24, 2.45) is 5.92 Å². The molecule has 1 unspecified atom stereocenters. The summed E-state index contributed by atoms with van der Waals surface area (Å²) in [5.41, 5.74) is 2.39. The van der Waals surface area contributed by atoms with Gasteiger partial charge in [-0.1, -0.05) is 31.2 Å². The molecule has 0 bridgehead atoms. The Kier molecular flexibility index (Phi) is 4.87. The Bertz CT molecular complexity index is 747. The molecule has 4 nitrogen and oxygen atoms in total. The third-order valence-electron chi connectivity index (χ3n) is 4.37. The Morgan fingerprint density at radius 3 is 2.61 bits per heavy atom. The minimum absolute atomic E-state index is 0.232. The minimum Gasteiger partial charge on any atom is -0.460 e. The summed E-state index contributed by atoms with van der Waals surface area (Å²) in [6.45, 7) is 3.49. The maximum atomic E-state index is 11.4. The van der Waals surface area contributed by atoms with E-state index in [-0.39, 0.29) is 5.92 Å². The zero-order valence-electron chi connectivity index (χ0n) is 13.4. The van der Waals surface area contributed by atoms with Gasteiger partial charge < -0.3 is 9.73 Å². The van der Waals surface area contributed by atoms with Crippen LogP contribution in [-0.2, 0) is 22.8 Å². The Morgan fingerprint density at radius 2 is 1.96 bits per heavy atom. The van der Waals surface area contributed by atoms with E-state index in [0.717, 1.165) is 36.5 Å². The summed E-state index contributed by atoms with van der Waals surface area (Å²) in [7, 11) is -2.79. The smallest absolute Gasteiger partial charge is 0.150 e. The van der Waals surface area contributed by atoms with E-state index in [4.69, 9.17) is 4.42 Å². The Morgan fingerprint density at radius 1 is 1.17 bits per heavy atom. The Labute approximate surface area is 137 Å². The van der Waals surface area contributed by atoms with Gasteiger partial charge in [0.15, 0.2) is 9.84 Å². The minimum atomic E-state index is -2.79. The standard InChI is InChI=1S/C18H23NO3S/c1-2-14-3-5-16(6-4-14)18-8-7-17(22-18)12-19-11-15-9-10-23(20,21)13-15/h3-8,15,19H,2,9-13H2,1H3. The average Bonchev–Trinajstić information content (AvgIpc) is 3.14. The van der Waals surface area contributed by atoms with E-state index in [2.05, 4.69) is 36.5 Å². The summed E-state index contributed by atoms with van der Waals surface area (Å²) in [5, 5.41) is 3.31. The van der Waals surface area contributed by atoms with Gasteiger partial charge in [0, 0.05) is 5.56 Å². The lowest BCUT2D eigenvalue weighted by molar-refractivity contribution is 0.463. The molecule has 1 saturated heterocycles. The molecule has 1 N–H and O–H groups in total. The van der Waals surface area contributed by atoms with Crippen LogP contribution in [0.2, 0.25) is 0 Å². The van der Waals surface area contributed by atoms with Crippen molar-refractivity contribution >= 4 is 9.84 Å². The van der Waals surface area contributed by atoms with Crippen molar-refractivity contribution in [3.05, 3.63) is 47.7 Å². The summed E-state index contributed by atoms with van der Waals surface area (Å²) < 4.78 is 28.7. The number of nitrogens with one attached hydrogen (secondary N) is 1. The van der Waals surface area contributed by atoms with E-state index in [0.29, 0.717) is 18.1 Å². The maximum absolute atomic E-state index is 11.4. The second kappa shape index (κ2) is 6.89. The van der Waals surface area contributed by atoms with Crippen molar-refractivity contribution in [3.63, 3.8) is 0 Å². The molecule has 3 rings (SSSR count). The van der Waals surface area contributed by atoms with Crippen LogP contribution in [0.3, 0.4) is 0 Å². The van der Waals surface area contributed by atoms with E-state index < -0.39 is 9.84 Å². The monoisotopic (exact) mass is 333 g/mol. The van der Waals surface area contributed by atoms with Crippen LogP contribution >= 0.6 is 0 Å². The molecule has 2 heterocycles. The summed E-state index contributed by atoms with van der Waals surface area (Å²) in [6.07, 6.45) is 1.80. The lowest BCUT2D eigenvalue weighted by atomic mass is 10.1. The molecule has 1 aromatic heterocycles. The highest BCUT2D eigenvalue weighted by molar-refractivity contribution is 7.91. The summed E-state index contributed by atoms with van der Waals surface area (Å²) in [6, 6.07) is 12.4. The molecule has 1 aliphatic rings. The van der Waals surface area contributed by atoms with Gasteiger partial charge in [-0.2, -0.15) is 0 Å². The van der Waals surface area contributed by atoms with Crippen molar-refractivity contribution in [1.29, 1.82) is 0 Å². The molecule has 1 atom stereocenters. The van der Waals surface area contributed by atoms with Gasteiger partial charge in [0.2, 0.25) is 0 Å². The number of hydrogen-bond donors (Lipinski definition) is 1. The maximum Gasteiger partial charge on any atom is 0.150 e. The van der Waals surface area contributed by atoms with Gasteiger partial charge in [0.1, 0.15) is 11.5 Å². The first-order chi connectivity index (χ1) is 11.1. The quantitative estimate of drug-likeness (QED) is 0.883. The average molecular weight is 333 g/mol. The number of benzene rings is 1. The second-order valence-corrected chi connectivity index (χ2v) is 8.45. The summed E-state index contributed by atoms with van der Waals surface area (Å²) in [4.78, 5) is 0. The molecule has 1 aliphatic heterocycles. The van der Waals surface area contributed by atoms with Crippen molar-refractivity contribution in [3.8, 4) is 11.3 Å². The molecule has 1 aromatic carbocycles. The largest absolute Gasteiger partial charge is 0.460 e. The fraction of sp³-hybridized carbons (Fsp3) is 0.444. The zero-order chi connectivity index (χ0) is 16.3. The van der Waals surface area contributed by atoms with Crippen LogP contribution in [0.4, 0.5) is 0 Å². The fourth-order valence-corrected chi connectivity index (χ4v) is 4.83. The number of sulfone groups is 1. The predicted molar refractivity (Wildman–Crippen MR) is 92.0 cm³/mol. The van der Waals surface area contributed by atoms with Crippen molar-refractivity contribution < 1.29 is 12.8 Å². The number of rotatable bonds is 6. The van der Waals surface area contributed by atoms with Crippen molar-refractivity contribution in [2.75, 3.05) is 18.1 Å². The van der Waals surface area contributed by atoms with Crippen LogP contribution in [0.15, 0.2) is 40.8 Å².